The van der Waals surface area contributed by atoms with Crippen LogP contribution in [0.1, 0.15) is 69.2 Å². The standard InChI is InChI=1S/C20H31N5O4/c1-20(2,25-18(27)14(21)8-12-6-4-3-5-7-12)9-16(26)24-15-11-23-10-13(17(15)22)19(28)29/h10-12,14H,3-9,21H2,1-2H3,(H2,22,23)(H,24,26)(H,25,27)(H,28,29)/t14-/m0/s1. The summed E-state index contributed by atoms with van der Waals surface area (Å²) >= 11 is 0. The lowest BCUT2D eigenvalue weighted by Crippen LogP contribution is -2.52. The molecule has 0 aromatic carbocycles. The fraction of sp³-hybridized carbons (Fsp3) is 0.600. The predicted octanol–water partition coefficient (Wildman–Crippen LogP) is 1.88. The first-order valence-electron chi connectivity index (χ1n) is 9.93. The highest BCUT2D eigenvalue weighted by atomic mass is 16.4. The first-order valence-corrected chi connectivity index (χ1v) is 9.93. The third-order valence-electron chi connectivity index (χ3n) is 5.20. The lowest BCUT2D eigenvalue weighted by Gasteiger charge is -2.29. The number of aromatic carboxylic acids is 1. The number of aromatic nitrogens is 1. The second-order valence-corrected chi connectivity index (χ2v) is 8.40. The highest BCUT2D eigenvalue weighted by Gasteiger charge is 2.28. The second-order valence-electron chi connectivity index (χ2n) is 8.40. The van der Waals surface area contributed by atoms with Crippen molar-refractivity contribution in [1.29, 1.82) is 0 Å². The Morgan fingerprint density at radius 3 is 2.52 bits per heavy atom. The number of nitrogens with zero attached hydrogens (tertiary/aromatic N) is 1. The Morgan fingerprint density at radius 2 is 1.90 bits per heavy atom. The molecule has 29 heavy (non-hydrogen) atoms. The molecule has 0 aliphatic heterocycles. The van der Waals surface area contributed by atoms with E-state index in [9.17, 15) is 14.4 Å². The van der Waals surface area contributed by atoms with Crippen LogP contribution in [-0.4, -0.2) is 39.5 Å². The van der Waals surface area contributed by atoms with E-state index in [0.717, 1.165) is 19.0 Å². The van der Waals surface area contributed by atoms with Crippen LogP contribution < -0.4 is 22.1 Å². The van der Waals surface area contributed by atoms with Crippen LogP contribution in [0, 0.1) is 5.92 Å². The van der Waals surface area contributed by atoms with Crippen molar-refractivity contribution in [3.63, 3.8) is 0 Å². The number of nitrogens with two attached hydrogens (primary N) is 2. The monoisotopic (exact) mass is 405 g/mol. The summed E-state index contributed by atoms with van der Waals surface area (Å²) in [5.41, 5.74) is 10.9. The Bertz CT molecular complexity index is 759. The van der Waals surface area contributed by atoms with Crippen LogP contribution in [0.4, 0.5) is 11.4 Å². The number of nitrogen functional groups attached to an aromatic ring is 1. The normalized spacial score (nSPS) is 16.1. The number of carbonyl (C=O) groups is 3. The van der Waals surface area contributed by atoms with Gasteiger partial charge in [0.15, 0.2) is 0 Å². The molecule has 1 saturated carbocycles. The molecule has 0 bridgehead atoms. The van der Waals surface area contributed by atoms with Gasteiger partial charge >= 0.3 is 5.97 Å². The number of hydrogen-bond acceptors (Lipinski definition) is 6. The smallest absolute Gasteiger partial charge is 0.339 e. The average Bonchev–Trinajstić information content (AvgIpc) is 2.63. The molecule has 9 nitrogen and oxygen atoms in total. The maximum absolute atomic E-state index is 12.5. The molecule has 2 rings (SSSR count). The van der Waals surface area contributed by atoms with Crippen molar-refractivity contribution in [3.05, 3.63) is 18.0 Å². The molecule has 1 aliphatic carbocycles. The third kappa shape index (κ3) is 6.70. The van der Waals surface area contributed by atoms with Crippen LogP contribution in [0.25, 0.3) is 0 Å². The van der Waals surface area contributed by atoms with Crippen LogP contribution >= 0.6 is 0 Å². The van der Waals surface area contributed by atoms with E-state index in [4.69, 9.17) is 16.6 Å². The van der Waals surface area contributed by atoms with Crippen LogP contribution in [0.15, 0.2) is 12.4 Å². The summed E-state index contributed by atoms with van der Waals surface area (Å²) in [5.74, 6) is -1.45. The topological polar surface area (TPSA) is 160 Å². The molecule has 1 atom stereocenters. The fourth-order valence-corrected chi connectivity index (χ4v) is 3.70. The Hall–Kier alpha value is -2.68. The van der Waals surface area contributed by atoms with E-state index in [0.29, 0.717) is 12.3 Å². The number of carboxylic acids is 1. The van der Waals surface area contributed by atoms with Gasteiger partial charge in [0, 0.05) is 18.2 Å². The Kier molecular flexibility index (Phi) is 7.55. The number of carbonyl (C=O) groups excluding carboxylic acids is 2. The van der Waals surface area contributed by atoms with Crippen molar-refractivity contribution < 1.29 is 19.5 Å². The van der Waals surface area contributed by atoms with Crippen molar-refractivity contribution in [1.82, 2.24) is 10.3 Å². The number of nitrogens with one attached hydrogen (secondary N) is 2. The number of carboxylic acid groups (broad SMARTS) is 1. The number of amides is 2. The van der Waals surface area contributed by atoms with Gasteiger partial charge in [-0.3, -0.25) is 14.6 Å². The molecule has 2 amide bonds. The summed E-state index contributed by atoms with van der Waals surface area (Å²) in [4.78, 5) is 39.8. The van der Waals surface area contributed by atoms with E-state index in [1.165, 1.54) is 25.5 Å². The Labute approximate surface area is 170 Å². The molecule has 1 aromatic rings. The minimum Gasteiger partial charge on any atom is -0.478 e. The maximum Gasteiger partial charge on any atom is 0.339 e. The summed E-state index contributed by atoms with van der Waals surface area (Å²) in [7, 11) is 0. The highest BCUT2D eigenvalue weighted by molar-refractivity contribution is 6.01. The summed E-state index contributed by atoms with van der Waals surface area (Å²) in [5, 5.41) is 14.5. The summed E-state index contributed by atoms with van der Waals surface area (Å²) < 4.78 is 0. The molecule has 0 unspecified atom stereocenters. The lowest BCUT2D eigenvalue weighted by molar-refractivity contribution is -0.125. The predicted molar refractivity (Wildman–Crippen MR) is 110 cm³/mol. The zero-order valence-electron chi connectivity index (χ0n) is 17.0. The highest BCUT2D eigenvalue weighted by Crippen LogP contribution is 2.27. The molecule has 0 saturated heterocycles. The lowest BCUT2D eigenvalue weighted by atomic mass is 9.84. The van der Waals surface area contributed by atoms with Gasteiger partial charge in [0.05, 0.1) is 23.6 Å². The fourth-order valence-electron chi connectivity index (χ4n) is 3.70. The zero-order valence-corrected chi connectivity index (χ0v) is 17.0. The molecule has 1 heterocycles. The van der Waals surface area contributed by atoms with E-state index in [1.54, 1.807) is 13.8 Å². The number of rotatable bonds is 8. The van der Waals surface area contributed by atoms with E-state index >= 15 is 0 Å². The molecule has 160 valence electrons. The van der Waals surface area contributed by atoms with E-state index in [1.807, 2.05) is 0 Å². The number of pyridine rings is 1. The minimum atomic E-state index is -1.23. The minimum absolute atomic E-state index is 0.0361. The molecule has 9 heteroatoms. The Morgan fingerprint density at radius 1 is 1.24 bits per heavy atom. The van der Waals surface area contributed by atoms with Gasteiger partial charge in [-0.05, 0) is 26.2 Å². The van der Waals surface area contributed by atoms with Crippen molar-refractivity contribution in [2.24, 2.45) is 11.7 Å². The first-order chi connectivity index (χ1) is 13.6. The third-order valence-corrected chi connectivity index (χ3v) is 5.20. The summed E-state index contributed by atoms with van der Waals surface area (Å²) in [6.45, 7) is 3.46. The summed E-state index contributed by atoms with van der Waals surface area (Å²) in [6, 6.07) is -0.604. The average molecular weight is 405 g/mol. The number of anilines is 2. The van der Waals surface area contributed by atoms with E-state index in [2.05, 4.69) is 15.6 Å². The molecular formula is C20H31N5O4. The first kappa shape index (κ1) is 22.6. The quantitative estimate of drug-likeness (QED) is 0.441. The van der Waals surface area contributed by atoms with Gasteiger partial charge in [0.25, 0.3) is 0 Å². The van der Waals surface area contributed by atoms with Crippen LogP contribution in [-0.2, 0) is 9.59 Å². The molecule has 0 spiro atoms. The van der Waals surface area contributed by atoms with Gasteiger partial charge in [-0.1, -0.05) is 32.1 Å². The largest absolute Gasteiger partial charge is 0.478 e. The van der Waals surface area contributed by atoms with Crippen LogP contribution in [0.3, 0.4) is 0 Å². The second kappa shape index (κ2) is 9.69. The van der Waals surface area contributed by atoms with Crippen molar-refractivity contribution in [2.75, 3.05) is 11.1 Å². The molecule has 1 fully saturated rings. The van der Waals surface area contributed by atoms with Crippen LogP contribution in [0.5, 0.6) is 0 Å². The number of hydrogen-bond donors (Lipinski definition) is 5. The van der Waals surface area contributed by atoms with Crippen molar-refractivity contribution >= 4 is 29.2 Å². The van der Waals surface area contributed by atoms with Gasteiger partial charge < -0.3 is 27.2 Å². The molecule has 7 N–H and O–H groups in total. The van der Waals surface area contributed by atoms with Gasteiger partial charge in [-0.2, -0.15) is 0 Å². The zero-order chi connectivity index (χ0) is 21.6. The molecule has 1 aromatic heterocycles. The Balaban J connectivity index is 1.90. The maximum atomic E-state index is 12.5. The van der Waals surface area contributed by atoms with E-state index < -0.39 is 23.5 Å². The van der Waals surface area contributed by atoms with Crippen LogP contribution in [0.2, 0.25) is 0 Å². The van der Waals surface area contributed by atoms with E-state index in [-0.39, 0.29) is 29.3 Å². The van der Waals surface area contributed by atoms with Gasteiger partial charge in [0.2, 0.25) is 11.8 Å². The SMILES string of the molecule is CC(C)(CC(=O)Nc1cncc(C(=O)O)c1N)NC(=O)[C@@H](N)CC1CCCCC1. The van der Waals surface area contributed by atoms with Gasteiger partial charge in [-0.15, -0.1) is 0 Å². The van der Waals surface area contributed by atoms with Gasteiger partial charge in [0.1, 0.15) is 5.56 Å². The summed E-state index contributed by atoms with van der Waals surface area (Å²) in [6.07, 6.45) is 8.85. The molecule has 1 aliphatic rings. The van der Waals surface area contributed by atoms with Crippen molar-refractivity contribution in [3.8, 4) is 0 Å². The molecular weight excluding hydrogens is 374 g/mol. The molecule has 0 radical (unpaired) electrons. The van der Waals surface area contributed by atoms with Gasteiger partial charge in [-0.25, -0.2) is 4.79 Å². The van der Waals surface area contributed by atoms with Crippen molar-refractivity contribution in [2.45, 2.75) is 70.4 Å².